The van der Waals surface area contributed by atoms with Crippen molar-refractivity contribution >= 4 is 50.0 Å². The third-order valence-electron chi connectivity index (χ3n) is 6.05. The van der Waals surface area contributed by atoms with E-state index in [1.54, 1.807) is 24.3 Å². The Labute approximate surface area is 198 Å². The molecule has 5 rings (SSSR count). The highest BCUT2D eigenvalue weighted by Gasteiger charge is 2.24. The van der Waals surface area contributed by atoms with Gasteiger partial charge >= 0.3 is 0 Å². The number of nitrogens with one attached hydrogen (secondary N) is 3. The Balaban J connectivity index is 1.48. The first-order valence-electron chi connectivity index (χ1n) is 10.8. The van der Waals surface area contributed by atoms with Gasteiger partial charge in [-0.15, -0.1) is 10.2 Å². The number of anilines is 2. The number of aromatic nitrogens is 5. The van der Waals surface area contributed by atoms with E-state index in [4.69, 9.17) is 5.73 Å². The summed E-state index contributed by atoms with van der Waals surface area (Å²) in [4.78, 5) is 36.0. The van der Waals surface area contributed by atoms with Crippen molar-refractivity contribution in [2.45, 2.75) is 32.6 Å². The highest BCUT2D eigenvalue weighted by molar-refractivity contribution is 7.15. The quantitative estimate of drug-likeness (QED) is 0.297. The number of hydrogen-bond donors (Lipinski definition) is 4. The lowest BCUT2D eigenvalue weighted by Crippen LogP contribution is -2.14. The maximum atomic E-state index is 12.9. The summed E-state index contributed by atoms with van der Waals surface area (Å²) in [6.07, 6.45) is 0.913. The molecule has 0 radical (unpaired) electrons. The number of hydrogen-bond acceptors (Lipinski definition) is 7. The fourth-order valence-corrected chi connectivity index (χ4v) is 4.52. The van der Waals surface area contributed by atoms with Crippen molar-refractivity contribution in [3.8, 4) is 11.4 Å². The van der Waals surface area contributed by atoms with Gasteiger partial charge in [-0.25, -0.2) is 4.98 Å². The van der Waals surface area contributed by atoms with Gasteiger partial charge in [0.1, 0.15) is 5.01 Å². The van der Waals surface area contributed by atoms with Crippen LogP contribution in [0.2, 0.25) is 0 Å². The fourth-order valence-electron chi connectivity index (χ4n) is 3.61. The lowest BCUT2D eigenvalue weighted by molar-refractivity contribution is 0.102. The Morgan fingerprint density at radius 3 is 2.71 bits per heavy atom. The van der Waals surface area contributed by atoms with E-state index in [1.165, 1.54) is 11.3 Å². The second kappa shape index (κ2) is 8.07. The molecule has 0 bridgehead atoms. The van der Waals surface area contributed by atoms with Crippen molar-refractivity contribution in [2.24, 2.45) is 0 Å². The maximum absolute atomic E-state index is 12.9. The minimum atomic E-state index is -0.350. The van der Waals surface area contributed by atoms with E-state index in [-0.39, 0.29) is 22.6 Å². The van der Waals surface area contributed by atoms with Crippen LogP contribution in [0.3, 0.4) is 0 Å². The molecule has 5 aromatic rings. The first-order valence-corrected chi connectivity index (χ1v) is 11.6. The molecule has 0 saturated carbocycles. The number of carbonyl (C=O) groups is 1. The van der Waals surface area contributed by atoms with Crippen LogP contribution in [0.5, 0.6) is 0 Å². The van der Waals surface area contributed by atoms with E-state index >= 15 is 0 Å². The van der Waals surface area contributed by atoms with Crippen LogP contribution in [0.1, 0.15) is 42.6 Å². The summed E-state index contributed by atoms with van der Waals surface area (Å²) >= 11 is 1.37. The second-order valence-electron chi connectivity index (χ2n) is 8.71. The number of fused-ring (bicyclic) bond motifs is 2. The summed E-state index contributed by atoms with van der Waals surface area (Å²) in [6, 6.07) is 12.4. The minimum absolute atomic E-state index is 0.107. The summed E-state index contributed by atoms with van der Waals surface area (Å²) in [5, 5.41) is 13.1. The molecule has 0 aliphatic carbocycles. The van der Waals surface area contributed by atoms with Crippen LogP contribution < -0.4 is 16.6 Å². The molecule has 3 heterocycles. The molecular formula is C24H23N7O2S. The van der Waals surface area contributed by atoms with Gasteiger partial charge in [-0.3, -0.25) is 14.9 Å². The van der Waals surface area contributed by atoms with Crippen molar-refractivity contribution in [1.29, 1.82) is 0 Å². The predicted octanol–water partition coefficient (Wildman–Crippen LogP) is 4.45. The Hall–Kier alpha value is -4.05. The molecule has 0 spiro atoms. The van der Waals surface area contributed by atoms with Gasteiger partial charge in [0.2, 0.25) is 5.13 Å². The molecule has 1 amide bonds. The average molecular weight is 474 g/mol. The Morgan fingerprint density at radius 1 is 1.12 bits per heavy atom. The van der Waals surface area contributed by atoms with Crippen molar-refractivity contribution in [2.75, 3.05) is 11.1 Å². The topological polar surface area (TPSA) is 142 Å². The van der Waals surface area contributed by atoms with E-state index in [0.29, 0.717) is 44.0 Å². The molecule has 0 aliphatic rings. The Bertz CT molecular complexity index is 1610. The Morgan fingerprint density at radius 2 is 1.91 bits per heavy atom. The normalized spacial score (nSPS) is 11.9. The number of rotatable bonds is 5. The van der Waals surface area contributed by atoms with Gasteiger partial charge < -0.3 is 15.7 Å². The van der Waals surface area contributed by atoms with Gasteiger partial charge in [-0.2, -0.15) is 0 Å². The van der Waals surface area contributed by atoms with Gasteiger partial charge in [0.15, 0.2) is 5.69 Å². The van der Waals surface area contributed by atoms with Gasteiger partial charge in [0.05, 0.1) is 22.4 Å². The molecular weight excluding hydrogens is 450 g/mol. The van der Waals surface area contributed by atoms with Crippen molar-refractivity contribution in [3.05, 3.63) is 63.4 Å². The summed E-state index contributed by atoms with van der Waals surface area (Å²) < 4.78 is 0. The molecule has 0 atom stereocenters. The lowest BCUT2D eigenvalue weighted by Gasteiger charge is -2.17. The molecule has 0 saturated heterocycles. The zero-order chi connectivity index (χ0) is 24.0. The molecule has 5 N–H and O–H groups in total. The van der Waals surface area contributed by atoms with Crippen LogP contribution in [0.25, 0.3) is 33.3 Å². The summed E-state index contributed by atoms with van der Waals surface area (Å²) in [5.41, 5.74) is 9.30. The van der Waals surface area contributed by atoms with E-state index in [9.17, 15) is 9.59 Å². The van der Waals surface area contributed by atoms with Gasteiger partial charge in [0.25, 0.3) is 11.5 Å². The smallest absolute Gasteiger partial charge is 0.276 e. The molecule has 9 nitrogen and oxygen atoms in total. The van der Waals surface area contributed by atoms with Crippen molar-refractivity contribution in [1.82, 2.24) is 25.1 Å². The second-order valence-corrected chi connectivity index (χ2v) is 9.69. The zero-order valence-electron chi connectivity index (χ0n) is 18.9. The van der Waals surface area contributed by atoms with Crippen LogP contribution in [-0.2, 0) is 5.41 Å². The zero-order valence-corrected chi connectivity index (χ0v) is 19.7. The number of nitrogen functional groups attached to an aromatic ring is 1. The first kappa shape index (κ1) is 21.8. The van der Waals surface area contributed by atoms with Gasteiger partial charge in [0, 0.05) is 21.9 Å². The van der Waals surface area contributed by atoms with E-state index < -0.39 is 0 Å². The van der Waals surface area contributed by atoms with Crippen LogP contribution >= 0.6 is 11.3 Å². The number of nitrogens with zero attached hydrogens (tertiary/aromatic N) is 3. The number of H-pyrrole nitrogens is 2. The number of amides is 1. The highest BCUT2D eigenvalue weighted by atomic mass is 32.1. The molecule has 3 aromatic heterocycles. The summed E-state index contributed by atoms with van der Waals surface area (Å²) in [7, 11) is 0. The van der Waals surface area contributed by atoms with E-state index in [1.807, 2.05) is 18.2 Å². The molecule has 0 aliphatic heterocycles. The monoisotopic (exact) mass is 473 g/mol. The standard InChI is InChI=1S/C24H23N7O2S/c1-4-24(2,3)22-30-31-23(34-22)29-20(32)12-9-10-14-13(11-12)17(25)18(26-14)19-21(33)28-16-8-6-5-7-15(16)27-19/h5-11,26H,4,25H2,1-3H3,(H,28,33)(H,29,31,32). The molecule has 34 heavy (non-hydrogen) atoms. The van der Waals surface area contributed by atoms with Crippen LogP contribution in [0.15, 0.2) is 47.3 Å². The third kappa shape index (κ3) is 3.71. The summed E-state index contributed by atoms with van der Waals surface area (Å²) in [6.45, 7) is 6.27. The first-order chi connectivity index (χ1) is 16.3. The van der Waals surface area contributed by atoms with Crippen molar-refractivity contribution in [3.63, 3.8) is 0 Å². The number of para-hydroxylation sites is 2. The summed E-state index contributed by atoms with van der Waals surface area (Å²) in [5.74, 6) is -0.317. The maximum Gasteiger partial charge on any atom is 0.276 e. The number of carbonyl (C=O) groups excluding carboxylic acids is 1. The molecule has 0 fully saturated rings. The lowest BCUT2D eigenvalue weighted by atomic mass is 9.91. The SMILES string of the molecule is CCC(C)(C)c1nnc(NC(=O)c2ccc3[nH]c(-c4nc5ccccc5[nH]c4=O)c(N)c3c2)s1. The van der Waals surface area contributed by atoms with Crippen LogP contribution in [0.4, 0.5) is 10.8 Å². The molecule has 2 aromatic carbocycles. The largest absolute Gasteiger partial charge is 0.396 e. The Kier molecular flexibility index (Phi) is 5.17. The molecule has 172 valence electrons. The molecule has 0 unspecified atom stereocenters. The van der Waals surface area contributed by atoms with Crippen LogP contribution in [-0.4, -0.2) is 31.1 Å². The predicted molar refractivity (Wildman–Crippen MR) is 135 cm³/mol. The van der Waals surface area contributed by atoms with Gasteiger partial charge in [-0.1, -0.05) is 44.2 Å². The fraction of sp³-hybridized carbons (Fsp3) is 0.208. The van der Waals surface area contributed by atoms with Crippen molar-refractivity contribution < 1.29 is 4.79 Å². The third-order valence-corrected chi connectivity index (χ3v) is 7.25. The van der Waals surface area contributed by atoms with E-state index in [0.717, 1.165) is 11.4 Å². The minimum Gasteiger partial charge on any atom is -0.396 e. The van der Waals surface area contributed by atoms with Crippen LogP contribution in [0, 0.1) is 0 Å². The average Bonchev–Trinajstić information content (AvgIpc) is 3.43. The molecule has 10 heteroatoms. The van der Waals surface area contributed by atoms with E-state index in [2.05, 4.69) is 51.2 Å². The highest BCUT2D eigenvalue weighted by Crippen LogP contribution is 2.33. The number of aromatic amines is 2. The number of benzene rings is 2. The number of nitrogens with two attached hydrogens (primary N) is 1. The van der Waals surface area contributed by atoms with Gasteiger partial charge in [-0.05, 0) is 36.8 Å².